The van der Waals surface area contributed by atoms with Crippen LogP contribution in [0.15, 0.2) is 11.7 Å². The second-order valence-electron chi connectivity index (χ2n) is 14.4. The molecule has 5 fully saturated rings. The average molecular weight is 630 g/mol. The van der Waals surface area contributed by atoms with E-state index in [1.807, 2.05) is 11.8 Å². The summed E-state index contributed by atoms with van der Waals surface area (Å²) in [4.78, 5) is 64.6. The van der Waals surface area contributed by atoms with Gasteiger partial charge in [-0.25, -0.2) is 0 Å². The molecule has 1 aromatic rings. The molecule has 1 N–H and O–H groups in total. The molecule has 4 amide bonds. The topological polar surface area (TPSA) is 121 Å². The molecule has 0 radical (unpaired) electrons. The van der Waals surface area contributed by atoms with Crippen molar-refractivity contribution in [1.82, 2.24) is 25.0 Å². The lowest BCUT2D eigenvalue weighted by Gasteiger charge is -2.50. The Morgan fingerprint density at radius 1 is 1.05 bits per heavy atom. The largest absolute Gasteiger partial charge is 0.378 e. The monoisotopic (exact) mass is 629 g/mol. The highest BCUT2D eigenvalue weighted by Crippen LogP contribution is 2.54. The van der Waals surface area contributed by atoms with Crippen molar-refractivity contribution in [3.8, 4) is 0 Å². The van der Waals surface area contributed by atoms with Crippen molar-refractivity contribution in [2.24, 2.45) is 28.6 Å². The van der Waals surface area contributed by atoms with E-state index in [2.05, 4.69) is 24.1 Å². The number of amides is 4. The zero-order valence-electron chi connectivity index (χ0n) is 26.3. The Balaban J connectivity index is 1.18. The van der Waals surface area contributed by atoms with Crippen LogP contribution in [-0.2, 0) is 23.9 Å². The van der Waals surface area contributed by atoms with Crippen molar-refractivity contribution < 1.29 is 28.7 Å². The molecule has 6 rings (SSSR count). The van der Waals surface area contributed by atoms with Gasteiger partial charge in [-0.05, 0) is 37.5 Å². The van der Waals surface area contributed by atoms with Crippen molar-refractivity contribution >= 4 is 35.0 Å². The van der Waals surface area contributed by atoms with Crippen LogP contribution in [-0.4, -0.2) is 115 Å². The smallest absolute Gasteiger partial charge is 0.265 e. The summed E-state index contributed by atoms with van der Waals surface area (Å²) < 4.78 is 11.8. The third kappa shape index (κ3) is 6.39. The number of hydrogen-bond donors (Lipinski definition) is 1. The molecule has 0 unspecified atom stereocenters. The second kappa shape index (κ2) is 12.7. The number of ether oxygens (including phenoxy) is 2. The van der Waals surface area contributed by atoms with E-state index in [0.29, 0.717) is 63.3 Å². The Bertz CT molecular complexity index is 1220. The van der Waals surface area contributed by atoms with Crippen molar-refractivity contribution in [3.63, 3.8) is 0 Å². The third-order valence-electron chi connectivity index (χ3n) is 10.7. The fraction of sp³-hybridized carbons (Fsp3) is 0.781. The van der Waals surface area contributed by atoms with Gasteiger partial charge in [0.1, 0.15) is 10.9 Å². The minimum atomic E-state index is -0.849. The molecule has 2 saturated carbocycles. The predicted molar refractivity (Wildman–Crippen MR) is 164 cm³/mol. The lowest BCUT2D eigenvalue weighted by molar-refractivity contribution is -0.153. The molecule has 0 bridgehead atoms. The molecule has 3 aliphatic heterocycles. The van der Waals surface area contributed by atoms with Crippen LogP contribution in [0.4, 0.5) is 0 Å². The van der Waals surface area contributed by atoms with Crippen LogP contribution in [0.5, 0.6) is 0 Å². The van der Waals surface area contributed by atoms with Crippen LogP contribution in [0.2, 0.25) is 0 Å². The van der Waals surface area contributed by atoms with Crippen LogP contribution < -0.4 is 5.32 Å². The summed E-state index contributed by atoms with van der Waals surface area (Å²) in [5.74, 6) is -0.507. The fourth-order valence-corrected chi connectivity index (χ4v) is 8.20. The molecule has 5 aliphatic rings. The average Bonchev–Trinajstić information content (AvgIpc) is 3.38. The van der Waals surface area contributed by atoms with Gasteiger partial charge >= 0.3 is 0 Å². The maximum absolute atomic E-state index is 14.2. The van der Waals surface area contributed by atoms with E-state index in [1.54, 1.807) is 21.5 Å². The predicted octanol–water partition coefficient (Wildman–Crippen LogP) is 2.42. The maximum atomic E-state index is 14.2. The number of thiazole rings is 1. The quantitative estimate of drug-likeness (QED) is 0.446. The summed E-state index contributed by atoms with van der Waals surface area (Å²) >= 11 is 1.28. The van der Waals surface area contributed by atoms with E-state index in [9.17, 15) is 19.2 Å². The number of likely N-dealkylation sites (tertiary alicyclic amines) is 2. The maximum Gasteiger partial charge on any atom is 0.265 e. The molecule has 12 heteroatoms. The van der Waals surface area contributed by atoms with Gasteiger partial charge in [0.25, 0.3) is 5.91 Å². The second-order valence-corrected chi connectivity index (χ2v) is 15.3. The summed E-state index contributed by atoms with van der Waals surface area (Å²) in [5, 5.41) is 3.11. The standard InChI is InChI=1S/C32H47N5O6S/c1-21(43-16-22-7-5-4-6-8-22)26(30(41)35-9-11-42-12-10-35)34-27(38)24-15-36(29(40)25-14-33-20-44-25)17-32(24)18-37(19-32)28(39)23-13-31(23,2)3/h14,20-24,26H,4-13,15-19H2,1-3H3,(H,34,38)/t21-,23-,24+,26+/m1/s1. The molecule has 11 nitrogen and oxygen atoms in total. The first-order valence-electron chi connectivity index (χ1n) is 16.3. The lowest BCUT2D eigenvalue weighted by Crippen LogP contribution is -2.65. The normalized spacial score (nSPS) is 27.5. The molecular weight excluding hydrogens is 582 g/mol. The zero-order chi connectivity index (χ0) is 31.1. The van der Waals surface area contributed by atoms with Crippen LogP contribution in [0.3, 0.4) is 0 Å². The number of carbonyl (C=O) groups is 4. The molecule has 2 aliphatic carbocycles. The van der Waals surface area contributed by atoms with Crippen LogP contribution in [0.1, 0.15) is 69.0 Å². The van der Waals surface area contributed by atoms with Gasteiger partial charge in [-0.15, -0.1) is 11.3 Å². The van der Waals surface area contributed by atoms with E-state index in [0.717, 1.165) is 19.3 Å². The molecule has 1 aromatic heterocycles. The highest BCUT2D eigenvalue weighted by molar-refractivity contribution is 7.11. The summed E-state index contributed by atoms with van der Waals surface area (Å²) in [6.07, 6.45) is 7.83. The summed E-state index contributed by atoms with van der Waals surface area (Å²) in [5.41, 5.74) is 1.08. The van der Waals surface area contributed by atoms with Gasteiger partial charge in [0.05, 0.1) is 36.9 Å². The molecule has 4 heterocycles. The summed E-state index contributed by atoms with van der Waals surface area (Å²) in [6, 6.07) is -0.849. The van der Waals surface area contributed by atoms with Crippen molar-refractivity contribution in [3.05, 3.63) is 16.6 Å². The van der Waals surface area contributed by atoms with Crippen LogP contribution in [0, 0.1) is 28.6 Å². The Labute approximate surface area is 264 Å². The summed E-state index contributed by atoms with van der Waals surface area (Å²) in [7, 11) is 0. The van der Waals surface area contributed by atoms with Crippen molar-refractivity contribution in [2.75, 3.05) is 59.1 Å². The van der Waals surface area contributed by atoms with Gasteiger partial charge in [0.15, 0.2) is 0 Å². The molecule has 4 atom stereocenters. The van der Waals surface area contributed by atoms with Gasteiger partial charge in [0, 0.05) is 57.2 Å². The number of morpholine rings is 1. The van der Waals surface area contributed by atoms with Crippen molar-refractivity contribution in [1.29, 1.82) is 0 Å². The van der Waals surface area contributed by atoms with Gasteiger partial charge in [-0.2, -0.15) is 0 Å². The first kappa shape index (κ1) is 31.4. The third-order valence-corrected chi connectivity index (χ3v) is 11.5. The van der Waals surface area contributed by atoms with Crippen molar-refractivity contribution in [2.45, 2.75) is 71.4 Å². The molecule has 3 saturated heterocycles. The van der Waals surface area contributed by atoms with E-state index in [-0.39, 0.29) is 41.5 Å². The molecule has 0 aromatic carbocycles. The minimum absolute atomic E-state index is 0.0149. The molecule has 44 heavy (non-hydrogen) atoms. The summed E-state index contributed by atoms with van der Waals surface area (Å²) in [6.45, 7) is 10.0. The number of carbonyl (C=O) groups excluding carboxylic acids is 4. The number of nitrogens with zero attached hydrogens (tertiary/aromatic N) is 4. The van der Waals surface area contributed by atoms with Crippen LogP contribution >= 0.6 is 11.3 Å². The first-order valence-corrected chi connectivity index (χ1v) is 17.2. The van der Waals surface area contributed by atoms with E-state index < -0.39 is 23.5 Å². The van der Waals surface area contributed by atoms with Gasteiger partial charge in [-0.3, -0.25) is 24.2 Å². The van der Waals surface area contributed by atoms with E-state index in [4.69, 9.17) is 9.47 Å². The SMILES string of the molecule is C[C@@H](OCC1CCCCC1)[C@H](NC(=O)[C@@H]1CN(C(=O)c2cncs2)CC12CN(C(=O)[C@H]1CC1(C)C)C2)C(=O)N1CCOCC1. The van der Waals surface area contributed by atoms with Crippen LogP contribution in [0.25, 0.3) is 0 Å². The zero-order valence-corrected chi connectivity index (χ0v) is 27.1. The number of aromatic nitrogens is 1. The van der Waals surface area contributed by atoms with Gasteiger partial charge in [-0.1, -0.05) is 33.1 Å². The lowest BCUT2D eigenvalue weighted by atomic mass is 9.70. The Hall–Kier alpha value is -2.57. The Morgan fingerprint density at radius 3 is 2.36 bits per heavy atom. The van der Waals surface area contributed by atoms with Gasteiger partial charge in [0.2, 0.25) is 17.7 Å². The first-order chi connectivity index (χ1) is 21.1. The molecule has 242 valence electrons. The van der Waals surface area contributed by atoms with E-state index in [1.165, 1.54) is 30.6 Å². The van der Waals surface area contributed by atoms with Gasteiger partial charge < -0.3 is 29.5 Å². The Kier molecular flexibility index (Phi) is 9.05. The minimum Gasteiger partial charge on any atom is -0.378 e. The van der Waals surface area contributed by atoms with E-state index >= 15 is 0 Å². The number of rotatable bonds is 9. The fourth-order valence-electron chi connectivity index (χ4n) is 7.61. The highest BCUT2D eigenvalue weighted by Gasteiger charge is 2.62. The molecule has 1 spiro atoms. The molecular formula is C32H47N5O6S. The number of hydrogen-bond acceptors (Lipinski definition) is 8. The number of nitrogens with one attached hydrogen (secondary N) is 1. The highest BCUT2D eigenvalue weighted by atomic mass is 32.1. The Morgan fingerprint density at radius 2 is 1.73 bits per heavy atom.